The van der Waals surface area contributed by atoms with Gasteiger partial charge < -0.3 is 0 Å². The Kier molecular flexibility index (Phi) is 6.00. The minimum atomic E-state index is -0.471. The van der Waals surface area contributed by atoms with Crippen molar-refractivity contribution in [3.05, 3.63) is 74.8 Å². The monoisotopic (exact) mass is 339 g/mol. The first-order valence-corrected chi connectivity index (χ1v) is 8.11. The Hall–Kier alpha value is -3.02. The zero-order valence-electron chi connectivity index (χ0n) is 14.6. The van der Waals surface area contributed by atoms with Crippen molar-refractivity contribution >= 4 is 17.3 Å². The molecule has 0 unspecified atom stereocenters. The summed E-state index contributed by atoms with van der Waals surface area (Å²) in [4.78, 5) is 22.5. The van der Waals surface area contributed by atoms with Gasteiger partial charge in [-0.25, -0.2) is 5.43 Å². The predicted octanol–water partition coefficient (Wildman–Crippen LogP) is 4.01. The summed E-state index contributed by atoms with van der Waals surface area (Å²) in [5, 5.41) is 14.9. The first-order chi connectivity index (χ1) is 11.9. The smallest absolute Gasteiger partial charge is 0.267 e. The van der Waals surface area contributed by atoms with Gasteiger partial charge in [0.25, 0.3) is 11.6 Å². The Morgan fingerprint density at radius 2 is 1.80 bits per heavy atom. The summed E-state index contributed by atoms with van der Waals surface area (Å²) in [5.41, 5.74) is 6.14. The first-order valence-electron chi connectivity index (χ1n) is 8.11. The molecule has 0 heterocycles. The van der Waals surface area contributed by atoms with Crippen LogP contribution in [0.15, 0.2) is 47.6 Å². The van der Waals surface area contributed by atoms with Crippen molar-refractivity contribution in [3.8, 4) is 0 Å². The number of carbonyl (C=O) groups excluding carboxylic acids is 1. The fourth-order valence-electron chi connectivity index (χ4n) is 2.47. The molecule has 0 radical (unpaired) electrons. The summed E-state index contributed by atoms with van der Waals surface area (Å²) in [7, 11) is 0. The van der Waals surface area contributed by atoms with Gasteiger partial charge >= 0.3 is 0 Å². The molecule has 2 aromatic rings. The molecule has 0 aromatic heterocycles. The van der Waals surface area contributed by atoms with Crippen LogP contribution in [0.4, 0.5) is 5.69 Å². The van der Waals surface area contributed by atoms with Crippen LogP contribution in [0, 0.1) is 17.0 Å². The average Bonchev–Trinajstić information content (AvgIpc) is 2.59. The zero-order chi connectivity index (χ0) is 18.4. The van der Waals surface area contributed by atoms with E-state index in [9.17, 15) is 14.9 Å². The standard InChI is InChI=1S/C19H21N3O3/c1-4-5-15-6-8-16(9-7-15)14(3)20-21-19(23)17-10-11-18(22(24)25)13(2)12-17/h6-12H,4-5H2,1-3H3,(H,21,23)/b20-14+. The quantitative estimate of drug-likeness (QED) is 0.490. The fraction of sp³-hybridized carbons (Fsp3) is 0.263. The lowest BCUT2D eigenvalue weighted by molar-refractivity contribution is -0.385. The Labute approximate surface area is 146 Å². The molecule has 25 heavy (non-hydrogen) atoms. The lowest BCUT2D eigenvalue weighted by atomic mass is 10.1. The van der Waals surface area contributed by atoms with Crippen molar-refractivity contribution in [1.29, 1.82) is 0 Å². The first kappa shape index (κ1) is 18.3. The number of hydrogen-bond acceptors (Lipinski definition) is 4. The molecule has 2 rings (SSSR count). The van der Waals surface area contributed by atoms with Crippen LogP contribution in [0.25, 0.3) is 0 Å². The van der Waals surface area contributed by atoms with Gasteiger partial charge in [-0.3, -0.25) is 14.9 Å². The third kappa shape index (κ3) is 4.73. The summed E-state index contributed by atoms with van der Waals surface area (Å²) in [6, 6.07) is 12.3. The third-order valence-corrected chi connectivity index (χ3v) is 3.89. The predicted molar refractivity (Wildman–Crippen MR) is 97.9 cm³/mol. The molecule has 0 bridgehead atoms. The largest absolute Gasteiger partial charge is 0.272 e. The minimum absolute atomic E-state index is 0.0107. The number of nitro benzene ring substituents is 1. The number of benzene rings is 2. The van der Waals surface area contributed by atoms with E-state index in [-0.39, 0.29) is 5.69 Å². The number of nitrogens with zero attached hydrogens (tertiary/aromatic N) is 2. The van der Waals surface area contributed by atoms with Crippen LogP contribution in [0.5, 0.6) is 0 Å². The average molecular weight is 339 g/mol. The van der Waals surface area contributed by atoms with Crippen molar-refractivity contribution in [2.75, 3.05) is 0 Å². The van der Waals surface area contributed by atoms with Crippen molar-refractivity contribution in [2.24, 2.45) is 5.10 Å². The number of hydrogen-bond donors (Lipinski definition) is 1. The van der Waals surface area contributed by atoms with E-state index in [1.54, 1.807) is 6.92 Å². The van der Waals surface area contributed by atoms with Crippen molar-refractivity contribution in [2.45, 2.75) is 33.6 Å². The molecular formula is C19H21N3O3. The molecule has 130 valence electrons. The highest BCUT2D eigenvalue weighted by molar-refractivity contribution is 6.01. The fourth-order valence-corrected chi connectivity index (χ4v) is 2.47. The maximum atomic E-state index is 12.2. The summed E-state index contributed by atoms with van der Waals surface area (Å²) < 4.78 is 0. The number of aryl methyl sites for hydroxylation is 2. The molecule has 0 atom stereocenters. The van der Waals surface area contributed by atoms with E-state index in [0.717, 1.165) is 18.4 Å². The maximum absolute atomic E-state index is 12.2. The number of nitro groups is 1. The maximum Gasteiger partial charge on any atom is 0.272 e. The molecule has 1 N–H and O–H groups in total. The molecule has 0 aliphatic rings. The van der Waals surface area contributed by atoms with E-state index < -0.39 is 10.8 Å². The second kappa shape index (κ2) is 8.19. The molecule has 0 spiro atoms. The van der Waals surface area contributed by atoms with E-state index in [1.165, 1.54) is 23.8 Å². The van der Waals surface area contributed by atoms with Crippen LogP contribution in [-0.4, -0.2) is 16.5 Å². The zero-order valence-corrected chi connectivity index (χ0v) is 14.6. The highest BCUT2D eigenvalue weighted by Gasteiger charge is 2.13. The van der Waals surface area contributed by atoms with E-state index in [0.29, 0.717) is 16.8 Å². The van der Waals surface area contributed by atoms with E-state index in [1.807, 2.05) is 19.1 Å². The summed E-state index contributed by atoms with van der Waals surface area (Å²) in [6.07, 6.45) is 2.13. The van der Waals surface area contributed by atoms with Gasteiger partial charge in [-0.05, 0) is 43.5 Å². The summed E-state index contributed by atoms with van der Waals surface area (Å²) in [6.45, 7) is 5.55. The van der Waals surface area contributed by atoms with Gasteiger partial charge in [0.05, 0.1) is 10.6 Å². The Balaban J connectivity index is 2.08. The van der Waals surface area contributed by atoms with Crippen LogP contribution in [0.3, 0.4) is 0 Å². The molecular weight excluding hydrogens is 318 g/mol. The lowest BCUT2D eigenvalue weighted by Gasteiger charge is -2.05. The molecule has 1 amide bonds. The molecule has 0 saturated heterocycles. The van der Waals surface area contributed by atoms with Crippen LogP contribution in [0.2, 0.25) is 0 Å². The topological polar surface area (TPSA) is 84.6 Å². The molecule has 0 fully saturated rings. The van der Waals surface area contributed by atoms with E-state index in [2.05, 4.69) is 29.6 Å². The highest BCUT2D eigenvalue weighted by Crippen LogP contribution is 2.18. The number of nitrogens with one attached hydrogen (secondary N) is 1. The van der Waals surface area contributed by atoms with Gasteiger partial charge in [-0.1, -0.05) is 37.6 Å². The van der Waals surface area contributed by atoms with Crippen LogP contribution in [0.1, 0.15) is 47.3 Å². The number of amides is 1. The Morgan fingerprint density at radius 1 is 1.16 bits per heavy atom. The van der Waals surface area contributed by atoms with Crippen LogP contribution >= 0.6 is 0 Å². The number of hydrazone groups is 1. The molecule has 0 saturated carbocycles. The van der Waals surface area contributed by atoms with Crippen molar-refractivity contribution in [1.82, 2.24) is 5.43 Å². The van der Waals surface area contributed by atoms with Gasteiger partial charge in [0.1, 0.15) is 0 Å². The van der Waals surface area contributed by atoms with Crippen molar-refractivity contribution in [3.63, 3.8) is 0 Å². The minimum Gasteiger partial charge on any atom is -0.267 e. The number of carbonyl (C=O) groups is 1. The molecule has 6 nitrogen and oxygen atoms in total. The number of rotatable bonds is 6. The molecule has 6 heteroatoms. The Morgan fingerprint density at radius 3 is 2.36 bits per heavy atom. The molecule has 0 aliphatic carbocycles. The second-order valence-corrected chi connectivity index (χ2v) is 5.84. The summed E-state index contributed by atoms with van der Waals surface area (Å²) >= 11 is 0. The van der Waals surface area contributed by atoms with E-state index >= 15 is 0 Å². The molecule has 2 aromatic carbocycles. The van der Waals surface area contributed by atoms with Crippen molar-refractivity contribution < 1.29 is 9.72 Å². The highest BCUT2D eigenvalue weighted by atomic mass is 16.6. The van der Waals surface area contributed by atoms with Gasteiger partial charge in [0.2, 0.25) is 0 Å². The van der Waals surface area contributed by atoms with Gasteiger partial charge in [0, 0.05) is 17.2 Å². The summed E-state index contributed by atoms with van der Waals surface area (Å²) in [5.74, 6) is -0.403. The second-order valence-electron chi connectivity index (χ2n) is 5.84. The molecule has 0 aliphatic heterocycles. The van der Waals surface area contributed by atoms with Gasteiger partial charge in [0.15, 0.2) is 0 Å². The van der Waals surface area contributed by atoms with Gasteiger partial charge in [-0.15, -0.1) is 0 Å². The van der Waals surface area contributed by atoms with Gasteiger partial charge in [-0.2, -0.15) is 5.10 Å². The Bertz CT molecular complexity index is 811. The normalized spacial score (nSPS) is 11.2. The van der Waals surface area contributed by atoms with E-state index in [4.69, 9.17) is 0 Å². The van der Waals surface area contributed by atoms with Crippen LogP contribution < -0.4 is 5.43 Å². The van der Waals surface area contributed by atoms with Crippen LogP contribution in [-0.2, 0) is 6.42 Å². The SMILES string of the molecule is CCCc1ccc(/C(C)=N/NC(=O)c2ccc([N+](=O)[O-])c(C)c2)cc1. The third-order valence-electron chi connectivity index (χ3n) is 3.89. The lowest BCUT2D eigenvalue weighted by Crippen LogP contribution is -2.19.